The number of benzene rings is 1. The quantitative estimate of drug-likeness (QED) is 0.235. The average molecular weight is 496 g/mol. The Bertz CT molecular complexity index is 1150. The van der Waals surface area contributed by atoms with Gasteiger partial charge in [0, 0.05) is 49.6 Å². The van der Waals surface area contributed by atoms with E-state index in [9.17, 15) is 26.7 Å². The number of aromatic nitrogens is 1. The van der Waals surface area contributed by atoms with Crippen LogP contribution >= 0.6 is 0 Å². The molecule has 1 saturated heterocycles. The molecule has 1 aliphatic rings. The van der Waals surface area contributed by atoms with Crippen LogP contribution in [-0.4, -0.2) is 59.4 Å². The predicted molar refractivity (Wildman–Crippen MR) is 124 cm³/mol. The molecule has 1 amide bonds. The summed E-state index contributed by atoms with van der Waals surface area (Å²) in [4.78, 5) is 22.1. The highest BCUT2D eigenvalue weighted by Crippen LogP contribution is 2.30. The zero-order valence-electron chi connectivity index (χ0n) is 18.7. The minimum absolute atomic E-state index is 0.0331. The van der Waals surface area contributed by atoms with Crippen LogP contribution in [0.1, 0.15) is 23.2 Å². The monoisotopic (exact) mass is 496 g/mol. The Kier molecular flexibility index (Phi) is 7.73. The second-order valence-electron chi connectivity index (χ2n) is 8.07. The predicted octanol–water partition coefficient (Wildman–Crippen LogP) is 3.64. The average Bonchev–Trinajstić information content (AvgIpc) is 2.80. The number of rotatable bonds is 7. The summed E-state index contributed by atoms with van der Waals surface area (Å²) in [6.07, 6.45) is -3.52. The fourth-order valence-electron chi connectivity index (χ4n) is 3.77. The number of amides is 1. The van der Waals surface area contributed by atoms with E-state index in [1.54, 1.807) is 35.2 Å². The van der Waals surface area contributed by atoms with Gasteiger partial charge in [0.05, 0.1) is 11.6 Å². The van der Waals surface area contributed by atoms with E-state index in [2.05, 4.69) is 21.9 Å². The maximum absolute atomic E-state index is 13.7. The molecule has 0 radical (unpaired) electrons. The van der Waals surface area contributed by atoms with Gasteiger partial charge >= 0.3 is 6.18 Å². The number of nitrogen functional groups attached to an aromatic ring is 1. The number of anilines is 1. The number of fused-ring (bicyclic) bond motifs is 1. The Morgan fingerprint density at radius 2 is 1.94 bits per heavy atom. The van der Waals surface area contributed by atoms with Gasteiger partial charge in [0.1, 0.15) is 5.82 Å². The number of nitrogens with two attached hydrogens (primary N) is 2. The number of likely N-dealkylation sites (tertiary alicyclic amines) is 1. The third-order valence-electron chi connectivity index (χ3n) is 5.69. The molecule has 1 atom stereocenters. The van der Waals surface area contributed by atoms with Crippen molar-refractivity contribution in [1.29, 1.82) is 0 Å². The summed E-state index contributed by atoms with van der Waals surface area (Å²) in [5, 5.41) is 3.29. The van der Waals surface area contributed by atoms with E-state index < -0.39 is 42.7 Å². The molecule has 0 aliphatic carbocycles. The van der Waals surface area contributed by atoms with E-state index >= 15 is 0 Å². The first-order valence-electron chi connectivity index (χ1n) is 10.7. The highest BCUT2D eigenvalue weighted by atomic mass is 19.4. The second kappa shape index (κ2) is 10.4. The van der Waals surface area contributed by atoms with Crippen LogP contribution in [0.25, 0.3) is 10.9 Å². The lowest BCUT2D eigenvalue weighted by molar-refractivity contribution is -0.0609. The number of alkyl halides is 5. The number of pyridine rings is 1. The number of hydrogen-bond acceptors (Lipinski definition) is 5. The van der Waals surface area contributed by atoms with Gasteiger partial charge in [0.15, 0.2) is 0 Å². The first kappa shape index (κ1) is 26.1. The summed E-state index contributed by atoms with van der Waals surface area (Å²) < 4.78 is 65.7. The van der Waals surface area contributed by atoms with Crippen molar-refractivity contribution in [3.63, 3.8) is 0 Å². The number of aliphatic imine (C=N–C) groups is 1. The Morgan fingerprint density at radius 1 is 1.26 bits per heavy atom. The fourth-order valence-corrected chi connectivity index (χ4v) is 3.77. The van der Waals surface area contributed by atoms with Gasteiger partial charge in [0.2, 0.25) is 5.84 Å². The van der Waals surface area contributed by atoms with Crippen LogP contribution in [0.3, 0.4) is 0 Å². The van der Waals surface area contributed by atoms with Gasteiger partial charge in [0.25, 0.3) is 11.8 Å². The van der Waals surface area contributed by atoms with E-state index in [-0.39, 0.29) is 31.0 Å². The van der Waals surface area contributed by atoms with Crippen molar-refractivity contribution in [1.82, 2.24) is 15.2 Å². The number of amidine groups is 1. The summed E-state index contributed by atoms with van der Waals surface area (Å²) in [5.41, 5.74) is 11.7. The van der Waals surface area contributed by atoms with Crippen LogP contribution in [-0.2, 0) is 0 Å². The van der Waals surface area contributed by atoms with Crippen molar-refractivity contribution in [2.24, 2.45) is 10.7 Å². The highest BCUT2D eigenvalue weighted by Gasteiger charge is 2.37. The molecule has 1 aromatic heterocycles. The molecule has 0 spiro atoms. The molecular weight excluding hydrogens is 471 g/mol. The van der Waals surface area contributed by atoms with Crippen LogP contribution in [0.5, 0.6) is 0 Å². The lowest BCUT2D eigenvalue weighted by atomic mass is 10.00. The molecule has 2 heterocycles. The second-order valence-corrected chi connectivity index (χ2v) is 8.07. The Hall–Kier alpha value is -3.54. The summed E-state index contributed by atoms with van der Waals surface area (Å²) in [6, 6.07) is 7.36. The minimum Gasteiger partial charge on any atom is -0.384 e. The largest absolute Gasteiger partial charge is 0.448 e. The number of nitrogens with zero attached hydrogens (tertiary/aromatic N) is 3. The zero-order valence-corrected chi connectivity index (χ0v) is 18.7. The molecule has 12 heteroatoms. The smallest absolute Gasteiger partial charge is 0.384 e. The number of carbonyl (C=O) groups is 1. The summed E-state index contributed by atoms with van der Waals surface area (Å²) in [5.74, 6) is -4.58. The Morgan fingerprint density at radius 3 is 2.57 bits per heavy atom. The molecule has 188 valence electrons. The lowest BCUT2D eigenvalue weighted by Gasteiger charge is -2.38. The minimum atomic E-state index is -4.83. The molecule has 35 heavy (non-hydrogen) atoms. The highest BCUT2D eigenvalue weighted by molar-refractivity contribution is 6.06. The third kappa shape index (κ3) is 6.53. The number of carbonyl (C=O) groups excluding carboxylic acids is 1. The molecule has 0 saturated carbocycles. The van der Waals surface area contributed by atoms with Crippen molar-refractivity contribution >= 4 is 28.5 Å². The van der Waals surface area contributed by atoms with Gasteiger partial charge in [-0.1, -0.05) is 18.7 Å². The zero-order chi connectivity index (χ0) is 25.8. The topological polar surface area (TPSA) is 110 Å². The Balaban J connectivity index is 1.87. The lowest BCUT2D eigenvalue weighted by Crippen LogP contribution is -2.50. The standard InChI is InChI=1S/C23H25F5N6O/c1-2-14(12-32-21(30)23(26,27)28)18(34-10-8-22(24,25)9-11-34)13-31-20(35)16-4-3-5-17-15(16)6-7-19(29)33-17/h2-7,12,18H,1,8-11,13H2,(H2,29,33)(H2,30,32)(H,31,35)/b14-12+. The normalized spacial score (nSPS) is 18.3. The van der Waals surface area contributed by atoms with E-state index in [1.807, 2.05) is 0 Å². The SMILES string of the molecule is C=C/C(=C\N=C(N)C(F)(F)F)C(CNC(=O)c1cccc2nc(N)ccc12)N1CCC(F)(F)CC1. The van der Waals surface area contributed by atoms with Crippen molar-refractivity contribution in [2.45, 2.75) is 31.0 Å². The van der Waals surface area contributed by atoms with Crippen molar-refractivity contribution in [3.05, 3.63) is 60.3 Å². The number of nitrogens with one attached hydrogen (secondary N) is 1. The van der Waals surface area contributed by atoms with Gasteiger partial charge in [-0.2, -0.15) is 13.2 Å². The van der Waals surface area contributed by atoms with Gasteiger partial charge in [-0.05, 0) is 29.8 Å². The molecule has 3 rings (SSSR count). The molecule has 7 nitrogen and oxygen atoms in total. The van der Waals surface area contributed by atoms with E-state index in [0.29, 0.717) is 16.5 Å². The maximum Gasteiger partial charge on any atom is 0.448 e. The number of piperidine rings is 1. The van der Waals surface area contributed by atoms with Crippen molar-refractivity contribution in [2.75, 3.05) is 25.4 Å². The molecule has 1 unspecified atom stereocenters. The van der Waals surface area contributed by atoms with Crippen LogP contribution in [0.15, 0.2) is 59.8 Å². The molecule has 0 bridgehead atoms. The molecule has 5 N–H and O–H groups in total. The van der Waals surface area contributed by atoms with Crippen LogP contribution < -0.4 is 16.8 Å². The van der Waals surface area contributed by atoms with Gasteiger partial charge in [-0.3, -0.25) is 9.69 Å². The van der Waals surface area contributed by atoms with E-state index in [0.717, 1.165) is 6.20 Å². The van der Waals surface area contributed by atoms with Crippen LogP contribution in [0.4, 0.5) is 27.8 Å². The molecule has 1 aromatic carbocycles. The number of hydrogen-bond donors (Lipinski definition) is 3. The first-order valence-corrected chi connectivity index (χ1v) is 10.7. The van der Waals surface area contributed by atoms with Crippen molar-refractivity contribution in [3.8, 4) is 0 Å². The Labute approximate surface area is 198 Å². The van der Waals surface area contributed by atoms with Crippen LogP contribution in [0.2, 0.25) is 0 Å². The van der Waals surface area contributed by atoms with Gasteiger partial charge in [-0.25, -0.2) is 18.8 Å². The van der Waals surface area contributed by atoms with Crippen molar-refractivity contribution < 1.29 is 26.7 Å². The molecule has 1 fully saturated rings. The number of halogens is 5. The van der Waals surface area contributed by atoms with Gasteiger partial charge < -0.3 is 16.8 Å². The fraction of sp³-hybridized carbons (Fsp3) is 0.348. The molecule has 2 aromatic rings. The van der Waals surface area contributed by atoms with Crippen LogP contribution in [0, 0.1) is 0 Å². The summed E-state index contributed by atoms with van der Waals surface area (Å²) in [6.45, 7) is 3.45. The summed E-state index contributed by atoms with van der Waals surface area (Å²) >= 11 is 0. The third-order valence-corrected chi connectivity index (χ3v) is 5.69. The van der Waals surface area contributed by atoms with E-state index in [1.165, 1.54) is 6.08 Å². The summed E-state index contributed by atoms with van der Waals surface area (Å²) in [7, 11) is 0. The molecule has 1 aliphatic heterocycles. The molecular formula is C23H25F5N6O. The maximum atomic E-state index is 13.7. The van der Waals surface area contributed by atoms with Gasteiger partial charge in [-0.15, -0.1) is 0 Å². The van der Waals surface area contributed by atoms with E-state index in [4.69, 9.17) is 11.5 Å². The first-order chi connectivity index (χ1) is 16.4.